The molecule has 0 fully saturated rings. The van der Waals surface area contributed by atoms with Crippen molar-refractivity contribution < 1.29 is 9.69 Å². The van der Waals surface area contributed by atoms with Gasteiger partial charge < -0.3 is 10.2 Å². The summed E-state index contributed by atoms with van der Waals surface area (Å²) in [5, 5.41) is 4.02. The number of quaternary nitrogens is 1. The molecule has 0 radical (unpaired) electrons. The molecule has 0 aliphatic heterocycles. The van der Waals surface area contributed by atoms with E-state index in [9.17, 15) is 4.79 Å². The summed E-state index contributed by atoms with van der Waals surface area (Å²) in [7, 11) is 4.28. The predicted molar refractivity (Wildman–Crippen MR) is 103 cm³/mol. The monoisotopic (exact) mass is 354 g/mol. The maximum atomic E-state index is 12.1. The average molecular weight is 354 g/mol. The van der Waals surface area contributed by atoms with E-state index in [1.54, 1.807) is 11.3 Å². The van der Waals surface area contributed by atoms with E-state index in [2.05, 4.69) is 54.7 Å². The molecule has 0 saturated carbocycles. The maximum Gasteiger partial charge on any atom is 0.220 e. The maximum absolute atomic E-state index is 12.1. The van der Waals surface area contributed by atoms with Gasteiger partial charge in [0.25, 0.3) is 0 Å². The number of hydrogen-bond donors (Lipinski definition) is 2. The topological polar surface area (TPSA) is 46.4 Å². The lowest BCUT2D eigenvalue weighted by molar-refractivity contribution is -0.872. The van der Waals surface area contributed by atoms with Crippen molar-refractivity contribution in [2.45, 2.75) is 25.9 Å². The Morgan fingerprint density at radius 1 is 1.08 bits per heavy atom. The van der Waals surface area contributed by atoms with Crippen molar-refractivity contribution in [1.82, 2.24) is 10.3 Å². The minimum atomic E-state index is 0.0704. The average Bonchev–Trinajstić information content (AvgIpc) is 3.02. The number of nitrogens with zero attached hydrogens (tertiary/aromatic N) is 1. The Morgan fingerprint density at radius 2 is 1.80 bits per heavy atom. The summed E-state index contributed by atoms with van der Waals surface area (Å²) in [6.45, 7) is 1.59. The number of fused-ring (bicyclic) bond motifs is 1. The molecule has 0 bridgehead atoms. The van der Waals surface area contributed by atoms with E-state index in [1.807, 2.05) is 18.2 Å². The van der Waals surface area contributed by atoms with Crippen LogP contribution in [0.4, 0.5) is 0 Å². The highest BCUT2D eigenvalue weighted by atomic mass is 32.1. The molecule has 0 atom stereocenters. The van der Waals surface area contributed by atoms with Crippen molar-refractivity contribution in [3.63, 3.8) is 0 Å². The number of carbonyl (C=O) groups is 1. The van der Waals surface area contributed by atoms with Crippen molar-refractivity contribution in [3.8, 4) is 0 Å². The molecule has 0 aliphatic rings. The normalized spacial score (nSPS) is 11.2. The number of aromatic nitrogens is 1. The third-order valence-electron chi connectivity index (χ3n) is 3.97. The third-order valence-corrected chi connectivity index (χ3v) is 5.07. The number of para-hydroxylation sites is 1. The Balaban J connectivity index is 1.46. The molecule has 0 saturated heterocycles. The second kappa shape index (κ2) is 8.23. The molecular weight excluding hydrogens is 330 g/mol. The van der Waals surface area contributed by atoms with Crippen molar-refractivity contribution in [1.29, 1.82) is 0 Å². The van der Waals surface area contributed by atoms with Gasteiger partial charge in [-0.15, -0.1) is 11.3 Å². The van der Waals surface area contributed by atoms with Gasteiger partial charge in [-0.25, -0.2) is 4.98 Å². The lowest BCUT2D eigenvalue weighted by Crippen LogP contribution is -3.04. The number of rotatable bonds is 7. The Bertz CT molecular complexity index is 807. The molecule has 5 heteroatoms. The zero-order valence-electron chi connectivity index (χ0n) is 14.7. The Labute approximate surface area is 152 Å². The number of amides is 1. The van der Waals surface area contributed by atoms with Gasteiger partial charge in [-0.1, -0.05) is 36.4 Å². The standard InChI is InChI=1S/C20H23N3OS/c1-23(2)14-16-9-7-15(8-10-16)13-21-19(24)11-12-20-22-17-5-3-4-6-18(17)25-20/h3-10H,11-14H2,1-2H3,(H,21,24)/p+1. The highest BCUT2D eigenvalue weighted by Gasteiger charge is 2.07. The number of thiazole rings is 1. The van der Waals surface area contributed by atoms with Gasteiger partial charge >= 0.3 is 0 Å². The van der Waals surface area contributed by atoms with Crippen molar-refractivity contribution >= 4 is 27.5 Å². The van der Waals surface area contributed by atoms with Crippen molar-refractivity contribution in [3.05, 3.63) is 64.7 Å². The predicted octanol–water partition coefficient (Wildman–Crippen LogP) is 2.19. The summed E-state index contributed by atoms with van der Waals surface area (Å²) in [5.74, 6) is 0.0704. The quantitative estimate of drug-likeness (QED) is 0.683. The summed E-state index contributed by atoms with van der Waals surface area (Å²) >= 11 is 1.67. The Morgan fingerprint density at radius 3 is 2.52 bits per heavy atom. The van der Waals surface area contributed by atoms with Crippen LogP contribution in [0.1, 0.15) is 22.6 Å². The SMILES string of the molecule is C[NH+](C)Cc1ccc(CNC(=O)CCc2nc3ccccc3s2)cc1. The molecule has 3 aromatic rings. The first-order valence-electron chi connectivity index (χ1n) is 8.58. The van der Waals surface area contributed by atoms with E-state index < -0.39 is 0 Å². The van der Waals surface area contributed by atoms with Crippen molar-refractivity contribution in [2.75, 3.05) is 14.1 Å². The lowest BCUT2D eigenvalue weighted by atomic mass is 10.1. The van der Waals surface area contributed by atoms with E-state index in [-0.39, 0.29) is 5.91 Å². The van der Waals surface area contributed by atoms with E-state index in [0.29, 0.717) is 19.4 Å². The van der Waals surface area contributed by atoms with Crippen LogP contribution in [0.3, 0.4) is 0 Å². The molecule has 25 heavy (non-hydrogen) atoms. The molecular formula is C20H24N3OS+. The second-order valence-corrected chi connectivity index (χ2v) is 7.67. The van der Waals surface area contributed by atoms with Crippen LogP contribution in [0.2, 0.25) is 0 Å². The molecule has 1 amide bonds. The number of hydrogen-bond acceptors (Lipinski definition) is 3. The first kappa shape index (κ1) is 17.6. The molecule has 1 heterocycles. The number of aryl methyl sites for hydroxylation is 1. The largest absolute Gasteiger partial charge is 0.352 e. The lowest BCUT2D eigenvalue weighted by Gasteiger charge is -2.08. The molecule has 0 spiro atoms. The van der Waals surface area contributed by atoms with Gasteiger partial charge in [0.2, 0.25) is 5.91 Å². The van der Waals surface area contributed by atoms with Crippen LogP contribution in [-0.4, -0.2) is 25.0 Å². The van der Waals surface area contributed by atoms with E-state index in [4.69, 9.17) is 0 Å². The molecule has 0 unspecified atom stereocenters. The van der Waals surface area contributed by atoms with Crippen molar-refractivity contribution in [2.24, 2.45) is 0 Å². The van der Waals surface area contributed by atoms with E-state index >= 15 is 0 Å². The molecule has 2 N–H and O–H groups in total. The zero-order chi connectivity index (χ0) is 17.6. The molecule has 0 aliphatic carbocycles. The molecule has 2 aromatic carbocycles. The smallest absolute Gasteiger partial charge is 0.220 e. The van der Waals surface area contributed by atoms with Gasteiger partial charge in [0.15, 0.2) is 0 Å². The summed E-state index contributed by atoms with van der Waals surface area (Å²) in [4.78, 5) is 18.1. The van der Waals surface area contributed by atoms with Crippen LogP contribution in [0.15, 0.2) is 48.5 Å². The molecule has 4 nitrogen and oxygen atoms in total. The molecule has 3 rings (SSSR count). The number of benzene rings is 2. The summed E-state index contributed by atoms with van der Waals surface area (Å²) in [6, 6.07) is 16.5. The summed E-state index contributed by atoms with van der Waals surface area (Å²) < 4.78 is 1.18. The highest BCUT2D eigenvalue weighted by Crippen LogP contribution is 2.22. The highest BCUT2D eigenvalue weighted by molar-refractivity contribution is 7.18. The van der Waals surface area contributed by atoms with Gasteiger partial charge in [0.1, 0.15) is 6.54 Å². The Kier molecular flexibility index (Phi) is 5.79. The van der Waals surface area contributed by atoms with Gasteiger partial charge in [-0.2, -0.15) is 0 Å². The second-order valence-electron chi connectivity index (χ2n) is 6.55. The summed E-state index contributed by atoms with van der Waals surface area (Å²) in [5.41, 5.74) is 3.46. The van der Waals surface area contributed by atoms with Crippen LogP contribution < -0.4 is 10.2 Å². The fraction of sp³-hybridized carbons (Fsp3) is 0.300. The fourth-order valence-electron chi connectivity index (χ4n) is 2.72. The first-order chi connectivity index (χ1) is 12.1. The zero-order valence-corrected chi connectivity index (χ0v) is 15.5. The third kappa shape index (κ3) is 5.11. The summed E-state index contributed by atoms with van der Waals surface area (Å²) in [6.07, 6.45) is 1.16. The van der Waals surface area contributed by atoms with Crippen LogP contribution in [0.25, 0.3) is 10.2 Å². The fourth-order valence-corrected chi connectivity index (χ4v) is 3.69. The van der Waals surface area contributed by atoms with Crippen LogP contribution in [-0.2, 0) is 24.3 Å². The number of nitrogens with one attached hydrogen (secondary N) is 2. The van der Waals surface area contributed by atoms with Crippen LogP contribution >= 0.6 is 11.3 Å². The molecule has 1 aromatic heterocycles. The minimum absolute atomic E-state index is 0.0704. The first-order valence-corrected chi connectivity index (χ1v) is 9.40. The van der Waals surface area contributed by atoms with Gasteiger partial charge in [0, 0.05) is 24.9 Å². The number of carbonyl (C=O) groups excluding carboxylic acids is 1. The van der Waals surface area contributed by atoms with Crippen LogP contribution in [0, 0.1) is 0 Å². The van der Waals surface area contributed by atoms with Crippen LogP contribution in [0.5, 0.6) is 0 Å². The minimum Gasteiger partial charge on any atom is -0.352 e. The van der Waals surface area contributed by atoms with Gasteiger partial charge in [0.05, 0.1) is 29.3 Å². The van der Waals surface area contributed by atoms with E-state index in [1.165, 1.54) is 15.2 Å². The van der Waals surface area contributed by atoms with Gasteiger partial charge in [-0.05, 0) is 17.7 Å². The molecule has 130 valence electrons. The Hall–Kier alpha value is -2.24. The van der Waals surface area contributed by atoms with E-state index in [0.717, 1.165) is 22.6 Å². The van der Waals surface area contributed by atoms with Gasteiger partial charge in [-0.3, -0.25) is 4.79 Å².